The molecule has 1 heterocycles. The molecule has 0 aromatic heterocycles. The van der Waals surface area contributed by atoms with Crippen molar-refractivity contribution in [3.63, 3.8) is 0 Å². The highest BCUT2D eigenvalue weighted by Crippen LogP contribution is 2.34. The summed E-state index contributed by atoms with van der Waals surface area (Å²) in [6.45, 7) is 5.80. The van der Waals surface area contributed by atoms with Crippen LogP contribution in [0.3, 0.4) is 0 Å². The van der Waals surface area contributed by atoms with Gasteiger partial charge in [0.25, 0.3) is 0 Å². The quantitative estimate of drug-likeness (QED) is 0.770. The van der Waals surface area contributed by atoms with Gasteiger partial charge < -0.3 is 10.6 Å². The Morgan fingerprint density at radius 1 is 1.31 bits per heavy atom. The second kappa shape index (κ2) is 5.50. The van der Waals surface area contributed by atoms with Gasteiger partial charge >= 0.3 is 0 Å². The summed E-state index contributed by atoms with van der Waals surface area (Å²) >= 11 is 0. The third-order valence-electron chi connectivity index (χ3n) is 4.57. The molecule has 94 valence electrons. The normalized spacial score (nSPS) is 31.5. The van der Waals surface area contributed by atoms with Gasteiger partial charge in [0.2, 0.25) is 0 Å². The largest absolute Gasteiger partial charge is 0.311 e. The molecule has 2 rings (SSSR count). The fourth-order valence-corrected chi connectivity index (χ4v) is 3.43. The summed E-state index contributed by atoms with van der Waals surface area (Å²) in [5.74, 6) is 0. The summed E-state index contributed by atoms with van der Waals surface area (Å²) in [5, 5.41) is 7.62. The lowest BCUT2D eigenvalue weighted by atomic mass is 9.75. The van der Waals surface area contributed by atoms with Crippen LogP contribution in [-0.2, 0) is 0 Å². The van der Waals surface area contributed by atoms with E-state index in [0.717, 1.165) is 6.04 Å². The van der Waals surface area contributed by atoms with Crippen LogP contribution in [0.4, 0.5) is 0 Å². The van der Waals surface area contributed by atoms with Crippen LogP contribution < -0.4 is 10.6 Å². The molecule has 2 N–H and O–H groups in total. The summed E-state index contributed by atoms with van der Waals surface area (Å²) in [7, 11) is 0. The van der Waals surface area contributed by atoms with Crippen molar-refractivity contribution < 1.29 is 0 Å². The number of hydrogen-bond acceptors (Lipinski definition) is 2. The van der Waals surface area contributed by atoms with Crippen LogP contribution in [0.5, 0.6) is 0 Å². The van der Waals surface area contributed by atoms with Crippen molar-refractivity contribution in [2.75, 3.05) is 6.54 Å². The first-order chi connectivity index (χ1) is 7.74. The molecule has 1 aliphatic heterocycles. The lowest BCUT2D eigenvalue weighted by Gasteiger charge is -2.45. The Labute approximate surface area is 101 Å². The smallest absolute Gasteiger partial charge is 0.0196 e. The van der Waals surface area contributed by atoms with E-state index in [9.17, 15) is 0 Å². The van der Waals surface area contributed by atoms with Crippen LogP contribution in [-0.4, -0.2) is 24.2 Å². The van der Waals surface area contributed by atoms with Crippen LogP contribution in [0.1, 0.15) is 65.2 Å². The van der Waals surface area contributed by atoms with Crippen molar-refractivity contribution in [3.8, 4) is 0 Å². The molecule has 2 nitrogen and oxygen atoms in total. The van der Waals surface area contributed by atoms with Gasteiger partial charge in [-0.1, -0.05) is 26.2 Å². The topological polar surface area (TPSA) is 24.1 Å². The number of nitrogens with one attached hydrogen (secondary N) is 2. The van der Waals surface area contributed by atoms with E-state index in [2.05, 4.69) is 24.5 Å². The SMILES string of the molecule is CCC(C)NC1CCNC2(CCCCC2)C1. The number of piperidine rings is 1. The molecule has 2 atom stereocenters. The van der Waals surface area contributed by atoms with E-state index in [1.54, 1.807) is 0 Å². The zero-order valence-corrected chi connectivity index (χ0v) is 11.0. The molecule has 0 aromatic carbocycles. The highest BCUT2D eigenvalue weighted by Gasteiger charge is 2.36. The van der Waals surface area contributed by atoms with Gasteiger partial charge in [0, 0.05) is 17.6 Å². The average Bonchev–Trinajstić information content (AvgIpc) is 2.30. The van der Waals surface area contributed by atoms with Gasteiger partial charge in [-0.15, -0.1) is 0 Å². The maximum absolute atomic E-state index is 3.82. The molecular weight excluding hydrogens is 196 g/mol. The summed E-state index contributed by atoms with van der Waals surface area (Å²) in [6, 6.07) is 1.44. The zero-order chi connectivity index (χ0) is 11.4. The second-order valence-electron chi connectivity index (χ2n) is 5.93. The first-order valence-corrected chi connectivity index (χ1v) is 7.25. The minimum Gasteiger partial charge on any atom is -0.311 e. The van der Waals surface area contributed by atoms with Gasteiger partial charge in [-0.05, 0) is 45.6 Å². The van der Waals surface area contributed by atoms with Crippen LogP contribution in [0.15, 0.2) is 0 Å². The summed E-state index contributed by atoms with van der Waals surface area (Å²) in [4.78, 5) is 0. The lowest BCUT2D eigenvalue weighted by molar-refractivity contribution is 0.152. The molecule has 1 saturated carbocycles. The predicted octanol–water partition coefficient (Wildman–Crippen LogP) is 2.83. The maximum Gasteiger partial charge on any atom is 0.0196 e. The minimum atomic E-state index is 0.502. The van der Waals surface area contributed by atoms with Gasteiger partial charge in [-0.25, -0.2) is 0 Å². The fourth-order valence-electron chi connectivity index (χ4n) is 3.43. The van der Waals surface area contributed by atoms with Crippen LogP contribution in [0.2, 0.25) is 0 Å². The predicted molar refractivity (Wildman–Crippen MR) is 69.7 cm³/mol. The highest BCUT2D eigenvalue weighted by molar-refractivity contribution is 4.98. The average molecular weight is 224 g/mol. The van der Waals surface area contributed by atoms with Crippen LogP contribution in [0, 0.1) is 0 Å². The van der Waals surface area contributed by atoms with E-state index in [-0.39, 0.29) is 0 Å². The van der Waals surface area contributed by atoms with Crippen molar-refractivity contribution in [2.24, 2.45) is 0 Å². The second-order valence-corrected chi connectivity index (χ2v) is 5.93. The zero-order valence-electron chi connectivity index (χ0n) is 11.0. The minimum absolute atomic E-state index is 0.502. The van der Waals surface area contributed by atoms with Crippen molar-refractivity contribution >= 4 is 0 Å². The summed E-state index contributed by atoms with van der Waals surface area (Å²) in [5.41, 5.74) is 0.502. The summed E-state index contributed by atoms with van der Waals surface area (Å²) in [6.07, 6.45) is 11.1. The molecule has 0 bridgehead atoms. The molecule has 2 heteroatoms. The van der Waals surface area contributed by atoms with Crippen molar-refractivity contribution in [1.82, 2.24) is 10.6 Å². The van der Waals surface area contributed by atoms with Crippen molar-refractivity contribution in [3.05, 3.63) is 0 Å². The molecule has 1 spiro atoms. The molecule has 2 unspecified atom stereocenters. The Kier molecular flexibility index (Phi) is 4.26. The molecule has 2 aliphatic rings. The van der Waals surface area contributed by atoms with E-state index in [1.165, 1.54) is 57.9 Å². The Morgan fingerprint density at radius 2 is 2.06 bits per heavy atom. The highest BCUT2D eigenvalue weighted by atomic mass is 15.0. The third-order valence-corrected chi connectivity index (χ3v) is 4.57. The Bertz CT molecular complexity index is 203. The third kappa shape index (κ3) is 2.98. The number of hydrogen-bond donors (Lipinski definition) is 2. The molecular formula is C14H28N2. The van der Waals surface area contributed by atoms with Crippen LogP contribution >= 0.6 is 0 Å². The van der Waals surface area contributed by atoms with E-state index < -0.39 is 0 Å². The monoisotopic (exact) mass is 224 g/mol. The molecule has 0 radical (unpaired) electrons. The lowest BCUT2D eigenvalue weighted by Crippen LogP contribution is -2.57. The molecule has 16 heavy (non-hydrogen) atoms. The van der Waals surface area contributed by atoms with Gasteiger partial charge in [-0.3, -0.25) is 0 Å². The number of rotatable bonds is 3. The summed E-state index contributed by atoms with van der Waals surface area (Å²) < 4.78 is 0. The van der Waals surface area contributed by atoms with E-state index in [4.69, 9.17) is 0 Å². The Morgan fingerprint density at radius 3 is 2.75 bits per heavy atom. The van der Waals surface area contributed by atoms with Gasteiger partial charge in [0.1, 0.15) is 0 Å². The maximum atomic E-state index is 3.82. The van der Waals surface area contributed by atoms with E-state index in [0.29, 0.717) is 11.6 Å². The molecule has 0 aromatic rings. The van der Waals surface area contributed by atoms with Crippen molar-refractivity contribution in [2.45, 2.75) is 82.8 Å². The van der Waals surface area contributed by atoms with Gasteiger partial charge in [0.15, 0.2) is 0 Å². The standard InChI is InChI=1S/C14H28N2/c1-3-12(2)16-13-7-10-15-14(11-13)8-5-4-6-9-14/h12-13,15-16H,3-11H2,1-2H3. The Hall–Kier alpha value is -0.0800. The van der Waals surface area contributed by atoms with Gasteiger partial charge in [0.05, 0.1) is 0 Å². The fraction of sp³-hybridized carbons (Fsp3) is 1.00. The molecule has 1 aliphatic carbocycles. The molecule has 1 saturated heterocycles. The first-order valence-electron chi connectivity index (χ1n) is 7.25. The molecule has 2 fully saturated rings. The van der Waals surface area contributed by atoms with Crippen LogP contribution in [0.25, 0.3) is 0 Å². The first kappa shape index (κ1) is 12.4. The van der Waals surface area contributed by atoms with E-state index >= 15 is 0 Å². The van der Waals surface area contributed by atoms with Gasteiger partial charge in [-0.2, -0.15) is 0 Å². The van der Waals surface area contributed by atoms with Crippen molar-refractivity contribution in [1.29, 1.82) is 0 Å². The Balaban J connectivity index is 1.87. The van der Waals surface area contributed by atoms with E-state index in [1.807, 2.05) is 0 Å². The molecule has 0 amide bonds.